The van der Waals surface area contributed by atoms with Crippen LogP contribution in [0.3, 0.4) is 0 Å². The number of carbonyl (C=O) groups is 2. The average Bonchev–Trinajstić information content (AvgIpc) is 2.35. The van der Waals surface area contributed by atoms with Crippen molar-refractivity contribution in [3.63, 3.8) is 0 Å². The van der Waals surface area contributed by atoms with Crippen LogP contribution < -0.4 is 9.64 Å². The minimum atomic E-state index is -1.04. The molecule has 0 radical (unpaired) electrons. The largest absolute Gasteiger partial charge is 0.497 e. The number of carbonyl (C=O) groups excluding carboxylic acids is 1. The van der Waals surface area contributed by atoms with Gasteiger partial charge in [-0.3, -0.25) is 9.59 Å². The highest BCUT2D eigenvalue weighted by atomic mass is 16.5. The zero-order valence-corrected chi connectivity index (χ0v) is 9.84. The van der Waals surface area contributed by atoms with Crippen molar-refractivity contribution in [1.82, 2.24) is 0 Å². The van der Waals surface area contributed by atoms with Gasteiger partial charge >= 0.3 is 5.97 Å². The molecule has 92 valence electrons. The van der Waals surface area contributed by atoms with Crippen LogP contribution in [0.1, 0.15) is 13.3 Å². The van der Waals surface area contributed by atoms with Crippen molar-refractivity contribution in [3.8, 4) is 5.75 Å². The Hall–Kier alpha value is -2.04. The molecule has 0 spiro atoms. The molecule has 1 aromatic rings. The molecule has 0 saturated carbocycles. The summed E-state index contributed by atoms with van der Waals surface area (Å²) in [6, 6.07) is 6.70. The molecule has 0 bridgehead atoms. The van der Waals surface area contributed by atoms with Gasteiger partial charge in [-0.05, 0) is 24.3 Å². The van der Waals surface area contributed by atoms with Crippen molar-refractivity contribution in [2.45, 2.75) is 13.3 Å². The van der Waals surface area contributed by atoms with E-state index in [1.807, 2.05) is 0 Å². The lowest BCUT2D eigenvalue weighted by Crippen LogP contribution is -2.35. The van der Waals surface area contributed by atoms with E-state index >= 15 is 0 Å². The van der Waals surface area contributed by atoms with Gasteiger partial charge in [0.15, 0.2) is 0 Å². The summed E-state index contributed by atoms with van der Waals surface area (Å²) in [4.78, 5) is 23.6. The number of nitrogens with zero attached hydrogens (tertiary/aromatic N) is 1. The summed E-state index contributed by atoms with van der Waals surface area (Å²) < 4.78 is 5.00. The second kappa shape index (κ2) is 5.89. The SMILES string of the molecule is CCC(=O)N(CC(=O)O)c1ccc(OC)cc1. The van der Waals surface area contributed by atoms with Gasteiger partial charge in [0, 0.05) is 12.1 Å². The Morgan fingerprint density at radius 3 is 2.29 bits per heavy atom. The zero-order valence-electron chi connectivity index (χ0n) is 9.84. The van der Waals surface area contributed by atoms with Gasteiger partial charge in [-0.2, -0.15) is 0 Å². The van der Waals surface area contributed by atoms with Gasteiger partial charge in [0.05, 0.1) is 7.11 Å². The molecule has 0 atom stereocenters. The monoisotopic (exact) mass is 237 g/mol. The molecule has 0 aliphatic carbocycles. The van der Waals surface area contributed by atoms with E-state index in [4.69, 9.17) is 9.84 Å². The highest BCUT2D eigenvalue weighted by Gasteiger charge is 2.16. The van der Waals surface area contributed by atoms with E-state index < -0.39 is 5.97 Å². The number of carboxylic acids is 1. The van der Waals surface area contributed by atoms with Crippen molar-refractivity contribution in [2.24, 2.45) is 0 Å². The molecule has 0 aliphatic heterocycles. The summed E-state index contributed by atoms with van der Waals surface area (Å²) >= 11 is 0. The highest BCUT2D eigenvalue weighted by Crippen LogP contribution is 2.19. The predicted octanol–water partition coefficient (Wildman–Crippen LogP) is 1.52. The van der Waals surface area contributed by atoms with Crippen molar-refractivity contribution in [1.29, 1.82) is 0 Å². The predicted molar refractivity (Wildman–Crippen MR) is 63.3 cm³/mol. The lowest BCUT2D eigenvalue weighted by atomic mass is 10.2. The van der Waals surface area contributed by atoms with Gasteiger partial charge in [-0.15, -0.1) is 0 Å². The van der Waals surface area contributed by atoms with Gasteiger partial charge in [0.2, 0.25) is 5.91 Å². The molecule has 0 unspecified atom stereocenters. The first-order valence-corrected chi connectivity index (χ1v) is 5.24. The highest BCUT2D eigenvalue weighted by molar-refractivity contribution is 5.97. The summed E-state index contributed by atoms with van der Waals surface area (Å²) in [5, 5.41) is 8.77. The molecule has 1 rings (SSSR count). The van der Waals surface area contributed by atoms with Crippen LogP contribution >= 0.6 is 0 Å². The Labute approximate surface area is 99.6 Å². The molecule has 1 amide bonds. The third-order valence-electron chi connectivity index (χ3n) is 2.28. The maximum atomic E-state index is 11.6. The van der Waals surface area contributed by atoms with E-state index in [1.165, 1.54) is 4.90 Å². The lowest BCUT2D eigenvalue weighted by Gasteiger charge is -2.20. The number of hydrogen-bond donors (Lipinski definition) is 1. The molecular formula is C12H15NO4. The number of carboxylic acid groups (broad SMARTS) is 1. The van der Waals surface area contributed by atoms with Crippen LogP contribution in [0.15, 0.2) is 24.3 Å². The first-order valence-electron chi connectivity index (χ1n) is 5.24. The van der Waals surface area contributed by atoms with Crippen LogP contribution in [0, 0.1) is 0 Å². The fourth-order valence-electron chi connectivity index (χ4n) is 1.41. The minimum Gasteiger partial charge on any atom is -0.497 e. The number of methoxy groups -OCH3 is 1. The molecular weight excluding hydrogens is 222 g/mol. The van der Waals surface area contributed by atoms with E-state index in [-0.39, 0.29) is 18.9 Å². The minimum absolute atomic E-state index is 0.224. The normalized spacial score (nSPS) is 9.76. The topological polar surface area (TPSA) is 66.8 Å². The molecule has 0 fully saturated rings. The molecule has 5 nitrogen and oxygen atoms in total. The van der Waals surface area contributed by atoms with Crippen molar-refractivity contribution in [2.75, 3.05) is 18.6 Å². The summed E-state index contributed by atoms with van der Waals surface area (Å²) in [6.07, 6.45) is 0.263. The van der Waals surface area contributed by atoms with Crippen molar-refractivity contribution < 1.29 is 19.4 Å². The lowest BCUT2D eigenvalue weighted by molar-refractivity contribution is -0.136. The summed E-state index contributed by atoms with van der Waals surface area (Å²) in [7, 11) is 1.54. The number of benzene rings is 1. The third-order valence-corrected chi connectivity index (χ3v) is 2.28. The molecule has 1 N–H and O–H groups in total. The zero-order chi connectivity index (χ0) is 12.8. The summed E-state index contributed by atoms with van der Waals surface area (Å²) in [5.74, 6) is -0.604. The number of aliphatic carboxylic acids is 1. The van der Waals surface area contributed by atoms with E-state index in [2.05, 4.69) is 0 Å². The van der Waals surface area contributed by atoms with Crippen LogP contribution in [0.25, 0.3) is 0 Å². The van der Waals surface area contributed by atoms with E-state index in [0.717, 1.165) is 0 Å². The second-order valence-corrected chi connectivity index (χ2v) is 3.43. The van der Waals surface area contributed by atoms with Crippen LogP contribution in [-0.4, -0.2) is 30.6 Å². The Kier molecular flexibility index (Phi) is 4.51. The van der Waals surface area contributed by atoms with Crippen molar-refractivity contribution in [3.05, 3.63) is 24.3 Å². The summed E-state index contributed by atoms with van der Waals surface area (Å²) in [5.41, 5.74) is 0.556. The van der Waals surface area contributed by atoms with Gasteiger partial charge in [0.25, 0.3) is 0 Å². The van der Waals surface area contributed by atoms with E-state index in [0.29, 0.717) is 11.4 Å². The van der Waals surface area contributed by atoms with Crippen LogP contribution in [0.5, 0.6) is 5.75 Å². The first-order chi connectivity index (χ1) is 8.08. The van der Waals surface area contributed by atoms with Crippen molar-refractivity contribution >= 4 is 17.6 Å². The molecule has 0 aromatic heterocycles. The number of rotatable bonds is 5. The summed E-state index contributed by atoms with van der Waals surface area (Å²) in [6.45, 7) is 1.36. The van der Waals surface area contributed by atoms with Crippen LogP contribution in [0.4, 0.5) is 5.69 Å². The number of hydrogen-bond acceptors (Lipinski definition) is 3. The van der Waals surface area contributed by atoms with Gasteiger partial charge in [0.1, 0.15) is 12.3 Å². The average molecular weight is 237 g/mol. The Bertz CT molecular complexity index is 399. The number of ether oxygens (including phenoxy) is 1. The maximum absolute atomic E-state index is 11.6. The first kappa shape index (κ1) is 13.0. The fourth-order valence-corrected chi connectivity index (χ4v) is 1.41. The smallest absolute Gasteiger partial charge is 0.323 e. The van der Waals surface area contributed by atoms with Gasteiger partial charge in [-0.25, -0.2) is 0 Å². The van der Waals surface area contributed by atoms with E-state index in [1.54, 1.807) is 38.3 Å². The third kappa shape index (κ3) is 3.48. The maximum Gasteiger partial charge on any atom is 0.323 e. The molecule has 17 heavy (non-hydrogen) atoms. The van der Waals surface area contributed by atoms with Crippen LogP contribution in [-0.2, 0) is 9.59 Å². The van der Waals surface area contributed by atoms with Gasteiger partial charge < -0.3 is 14.7 Å². The molecule has 0 saturated heterocycles. The number of anilines is 1. The molecule has 1 aromatic carbocycles. The second-order valence-electron chi connectivity index (χ2n) is 3.43. The van der Waals surface area contributed by atoms with Crippen LogP contribution in [0.2, 0.25) is 0 Å². The fraction of sp³-hybridized carbons (Fsp3) is 0.333. The molecule has 0 heterocycles. The van der Waals surface area contributed by atoms with E-state index in [9.17, 15) is 9.59 Å². The molecule has 0 aliphatic rings. The Morgan fingerprint density at radius 2 is 1.88 bits per heavy atom. The quantitative estimate of drug-likeness (QED) is 0.843. The van der Waals surface area contributed by atoms with Gasteiger partial charge in [-0.1, -0.05) is 6.92 Å². The Morgan fingerprint density at radius 1 is 1.29 bits per heavy atom. The molecule has 5 heteroatoms. The number of amides is 1. The Balaban J connectivity index is 2.95. The standard InChI is InChI=1S/C12H15NO4/c1-3-11(14)13(8-12(15)16)9-4-6-10(17-2)7-5-9/h4-7H,3,8H2,1-2H3,(H,15,16).